The molecule has 2 aliphatic heterocycles. The van der Waals surface area contributed by atoms with E-state index in [9.17, 15) is 46.0 Å². The van der Waals surface area contributed by atoms with E-state index in [1.807, 2.05) is 13.0 Å². The molecular formula is C39H34O13. The fourth-order valence-electron chi connectivity index (χ4n) is 6.97. The molecule has 0 bridgehead atoms. The van der Waals surface area contributed by atoms with Gasteiger partial charge in [-0.2, -0.15) is 0 Å². The molecule has 0 saturated carbocycles. The van der Waals surface area contributed by atoms with Gasteiger partial charge in [0.15, 0.2) is 29.1 Å². The van der Waals surface area contributed by atoms with Crippen LogP contribution in [0.1, 0.15) is 64.7 Å². The molecule has 6 unspecified atom stereocenters. The summed E-state index contributed by atoms with van der Waals surface area (Å²) < 4.78 is 22.9. The molecule has 268 valence electrons. The zero-order valence-corrected chi connectivity index (χ0v) is 27.4. The van der Waals surface area contributed by atoms with Crippen LogP contribution in [0.2, 0.25) is 0 Å². The Morgan fingerprint density at radius 2 is 0.942 bits per heavy atom. The molecule has 52 heavy (non-hydrogen) atoms. The Bertz CT molecular complexity index is 2050. The van der Waals surface area contributed by atoms with Gasteiger partial charge in [-0.3, -0.25) is 0 Å². The predicted molar refractivity (Wildman–Crippen MR) is 182 cm³/mol. The molecule has 0 fully saturated rings. The lowest BCUT2D eigenvalue weighted by Crippen LogP contribution is -2.35. The first-order valence-corrected chi connectivity index (χ1v) is 16.1. The predicted octanol–water partition coefficient (Wildman–Crippen LogP) is 6.73. The van der Waals surface area contributed by atoms with Crippen molar-refractivity contribution >= 4 is 0 Å². The van der Waals surface area contributed by atoms with Gasteiger partial charge in [-0.25, -0.2) is 0 Å². The van der Waals surface area contributed by atoms with E-state index in [0.29, 0.717) is 39.5 Å². The van der Waals surface area contributed by atoms with Gasteiger partial charge in [0, 0.05) is 41.3 Å². The monoisotopic (exact) mass is 710 g/mol. The van der Waals surface area contributed by atoms with Crippen LogP contribution >= 0.6 is 0 Å². The van der Waals surface area contributed by atoms with Crippen LogP contribution in [0.25, 0.3) is 0 Å². The van der Waals surface area contributed by atoms with Gasteiger partial charge in [0.05, 0.1) is 24.4 Å². The highest BCUT2D eigenvalue weighted by atomic mass is 16.5. The van der Waals surface area contributed by atoms with Crippen molar-refractivity contribution in [2.24, 2.45) is 5.92 Å². The van der Waals surface area contributed by atoms with Crippen LogP contribution in [0.15, 0.2) is 106 Å². The summed E-state index contributed by atoms with van der Waals surface area (Å²) in [6, 6.07) is 20.8. The van der Waals surface area contributed by atoms with E-state index in [1.165, 1.54) is 54.8 Å². The smallest absolute Gasteiger partial charge is 0.157 e. The van der Waals surface area contributed by atoms with Gasteiger partial charge in [0.1, 0.15) is 58.2 Å². The van der Waals surface area contributed by atoms with Crippen molar-refractivity contribution < 1.29 is 64.3 Å². The fourth-order valence-corrected chi connectivity index (χ4v) is 6.97. The lowest BCUT2D eigenvalue weighted by molar-refractivity contribution is 0.00315. The normalized spacial score (nSPS) is 21.8. The van der Waals surface area contributed by atoms with Crippen molar-refractivity contribution in [3.63, 3.8) is 0 Å². The first-order valence-electron chi connectivity index (χ1n) is 16.1. The van der Waals surface area contributed by atoms with Gasteiger partial charge in [0.25, 0.3) is 0 Å². The number of hydrogen-bond donors (Lipinski definition) is 9. The average Bonchev–Trinajstić information content (AvgIpc) is 3.83. The Hall–Kier alpha value is -6.60. The van der Waals surface area contributed by atoms with Crippen LogP contribution in [0, 0.1) is 5.92 Å². The lowest BCUT2D eigenvalue weighted by atomic mass is 9.77. The van der Waals surface area contributed by atoms with Gasteiger partial charge in [0.2, 0.25) is 0 Å². The topological polar surface area (TPSA) is 227 Å². The third kappa shape index (κ3) is 6.07. The Balaban J connectivity index is 0.000000162. The minimum atomic E-state index is -1.16. The number of rotatable bonds is 4. The third-order valence-corrected chi connectivity index (χ3v) is 9.35. The van der Waals surface area contributed by atoms with Crippen LogP contribution < -0.4 is 9.47 Å². The van der Waals surface area contributed by atoms with Crippen molar-refractivity contribution in [2.45, 2.75) is 37.1 Å². The van der Waals surface area contributed by atoms with E-state index in [1.54, 1.807) is 30.5 Å². The molecule has 6 atom stereocenters. The summed E-state index contributed by atoms with van der Waals surface area (Å²) in [5.41, 5.74) is 1.92. The summed E-state index contributed by atoms with van der Waals surface area (Å²) in [4.78, 5) is 0. The van der Waals surface area contributed by atoms with Crippen molar-refractivity contribution in [3.05, 3.63) is 131 Å². The first-order chi connectivity index (χ1) is 24.9. The first kappa shape index (κ1) is 33.9. The Labute approximate surface area is 295 Å². The SMILES string of the molecule is CC1C(c2ccc(O)c(O)c2)Oc2cc(O)cc(O)c2C1c1ccco1.Oc1cc(O)c2c(c1)OC(c1ccc(O)c(O)c1)C(O)C2c1ccco1. The highest BCUT2D eigenvalue weighted by Crippen LogP contribution is 2.54. The molecule has 0 spiro atoms. The number of fused-ring (bicyclic) bond motifs is 2. The lowest BCUT2D eigenvalue weighted by Gasteiger charge is -2.37. The molecule has 9 N–H and O–H groups in total. The van der Waals surface area contributed by atoms with Crippen LogP contribution in [-0.2, 0) is 0 Å². The number of hydrogen-bond acceptors (Lipinski definition) is 13. The molecule has 13 nitrogen and oxygen atoms in total. The minimum absolute atomic E-state index is 0.0692. The quantitative estimate of drug-likeness (QED) is 0.0866. The number of benzene rings is 4. The number of furan rings is 2. The van der Waals surface area contributed by atoms with Crippen LogP contribution in [0.3, 0.4) is 0 Å². The molecule has 2 aromatic heterocycles. The average molecular weight is 711 g/mol. The van der Waals surface area contributed by atoms with Crippen molar-refractivity contribution in [2.75, 3.05) is 0 Å². The van der Waals surface area contributed by atoms with E-state index >= 15 is 0 Å². The van der Waals surface area contributed by atoms with Gasteiger partial charge in [-0.1, -0.05) is 19.1 Å². The van der Waals surface area contributed by atoms with Gasteiger partial charge in [-0.05, 0) is 59.7 Å². The number of phenols is 8. The Kier molecular flexibility index (Phi) is 8.64. The zero-order valence-electron chi connectivity index (χ0n) is 27.4. The van der Waals surface area contributed by atoms with Crippen LogP contribution in [-0.4, -0.2) is 52.1 Å². The molecule has 0 aliphatic carbocycles. The summed E-state index contributed by atoms with van der Waals surface area (Å²) in [6.45, 7) is 1.96. The van der Waals surface area contributed by atoms with Gasteiger partial charge < -0.3 is 64.3 Å². The maximum atomic E-state index is 11.0. The molecule has 0 amide bonds. The highest BCUT2D eigenvalue weighted by Gasteiger charge is 2.43. The van der Waals surface area contributed by atoms with E-state index < -0.39 is 24.2 Å². The van der Waals surface area contributed by atoms with Gasteiger partial charge >= 0.3 is 0 Å². The van der Waals surface area contributed by atoms with Gasteiger partial charge in [-0.15, -0.1) is 0 Å². The number of aliphatic hydroxyl groups is 1. The summed E-state index contributed by atoms with van der Waals surface area (Å²) in [6.07, 6.45) is 0.454. The molecule has 4 heterocycles. The number of aliphatic hydroxyl groups excluding tert-OH is 1. The molecule has 8 rings (SSSR count). The summed E-state index contributed by atoms with van der Waals surface area (Å²) in [7, 11) is 0. The maximum Gasteiger partial charge on any atom is 0.157 e. The summed E-state index contributed by atoms with van der Waals surface area (Å²) >= 11 is 0. The number of aromatic hydroxyl groups is 8. The summed E-state index contributed by atoms with van der Waals surface area (Å²) in [5, 5.41) is 90.0. The fraction of sp³-hybridized carbons (Fsp3) is 0.179. The molecule has 0 radical (unpaired) electrons. The van der Waals surface area contributed by atoms with E-state index in [0.717, 1.165) is 6.07 Å². The van der Waals surface area contributed by atoms with E-state index in [4.69, 9.17) is 18.3 Å². The zero-order chi connectivity index (χ0) is 36.8. The maximum absolute atomic E-state index is 11.0. The Morgan fingerprint density at radius 1 is 0.481 bits per heavy atom. The van der Waals surface area contributed by atoms with E-state index in [-0.39, 0.29) is 63.6 Å². The molecule has 4 aromatic carbocycles. The number of ether oxygens (including phenoxy) is 2. The Morgan fingerprint density at radius 3 is 1.42 bits per heavy atom. The second-order valence-electron chi connectivity index (χ2n) is 12.7. The third-order valence-electron chi connectivity index (χ3n) is 9.35. The number of phenolic OH excluding ortho intramolecular Hbond substituents is 8. The van der Waals surface area contributed by atoms with Crippen LogP contribution in [0.4, 0.5) is 0 Å². The largest absolute Gasteiger partial charge is 0.508 e. The second-order valence-corrected chi connectivity index (χ2v) is 12.7. The molecular weight excluding hydrogens is 676 g/mol. The van der Waals surface area contributed by atoms with E-state index in [2.05, 4.69) is 0 Å². The highest BCUT2D eigenvalue weighted by molar-refractivity contribution is 5.57. The molecule has 0 saturated heterocycles. The summed E-state index contributed by atoms with van der Waals surface area (Å²) in [5.74, 6) is -1.31. The minimum Gasteiger partial charge on any atom is -0.508 e. The molecule has 13 heteroatoms. The second kappa shape index (κ2) is 13.3. The van der Waals surface area contributed by atoms with Crippen LogP contribution in [0.5, 0.6) is 57.5 Å². The molecule has 2 aliphatic rings. The van der Waals surface area contributed by atoms with Crippen molar-refractivity contribution in [3.8, 4) is 57.5 Å². The van der Waals surface area contributed by atoms with Crippen molar-refractivity contribution in [1.82, 2.24) is 0 Å². The standard InChI is InChI=1S/C20H18O6.C19H16O7/c1-10-18(16-3-2-6-25-16)19-15(24)8-12(21)9-17(19)26-20(10)11-4-5-13(22)14(23)7-11;20-10-7-13(23)16-15(8-10)26-19(9-3-4-11(21)12(22)6-9)18(24)17(16)14-2-1-5-25-14/h2-10,18,20-24H,1H3;1-8,17-24H. The molecule has 6 aromatic rings. The van der Waals surface area contributed by atoms with Crippen molar-refractivity contribution in [1.29, 1.82) is 0 Å².